The number of fused-ring (bicyclic) bond motifs is 1. The van der Waals surface area contributed by atoms with Crippen LogP contribution in [0.5, 0.6) is 5.75 Å². The Hall–Kier alpha value is -1.48. The molecule has 1 N–H and O–H groups in total. The number of benzene rings is 1. The second-order valence-electron chi connectivity index (χ2n) is 7.00. The number of likely N-dealkylation sites (N-methyl/N-ethyl adjacent to an activating group) is 1. The van der Waals surface area contributed by atoms with Gasteiger partial charge in [-0.05, 0) is 75.3 Å². The van der Waals surface area contributed by atoms with E-state index < -0.39 is 14.0 Å². The van der Waals surface area contributed by atoms with Gasteiger partial charge in [-0.1, -0.05) is 12.8 Å². The third-order valence-corrected chi connectivity index (χ3v) is 5.61. The van der Waals surface area contributed by atoms with Crippen molar-refractivity contribution in [3.8, 4) is 5.75 Å². The number of aromatic nitrogens is 1. The molecule has 23 heavy (non-hydrogen) atoms. The maximum Gasteiger partial charge on any atom is 0.119 e. The van der Waals surface area contributed by atoms with Crippen molar-refractivity contribution < 1.29 is 13.0 Å². The summed E-state index contributed by atoms with van der Waals surface area (Å²) in [4.78, 5) is 5.21. The van der Waals surface area contributed by atoms with Crippen LogP contribution in [0, 0.1) is 0 Å². The van der Waals surface area contributed by atoms with E-state index in [2.05, 4.69) is 4.98 Å². The van der Waals surface area contributed by atoms with Crippen molar-refractivity contribution in [2.45, 2.75) is 56.9 Å². The number of hydrogen-bond acceptors (Lipinski definition) is 2. The summed E-state index contributed by atoms with van der Waals surface area (Å²) in [6, 6.07) is 5.31. The van der Waals surface area contributed by atoms with Crippen LogP contribution in [0.15, 0.2) is 18.2 Å². The van der Waals surface area contributed by atoms with E-state index in [1.54, 1.807) is 17.0 Å². The molecule has 2 fully saturated rings. The van der Waals surface area contributed by atoms with Crippen molar-refractivity contribution >= 4 is 10.9 Å². The molecule has 1 aromatic carbocycles. The Kier molecular flexibility index (Phi) is 2.62. The summed E-state index contributed by atoms with van der Waals surface area (Å²) in [5, 5.41) is 0.950. The lowest BCUT2D eigenvalue weighted by atomic mass is 9.94. The first-order valence-corrected chi connectivity index (χ1v) is 8.72. The average Bonchev–Trinajstić information content (AvgIpc) is 3.33. The standard InChI is InChI=1S/C20H28N2O/c1-22-11-5-8-15(22)12-18-17-13-16(23-2)9-10-19(17)21-20(18)14-6-3-4-7-14/h9-10,13-15,21H,3-8,11-12H2,1-2H3/t15-/m1/s1/i1D3,2D3. The van der Waals surface area contributed by atoms with E-state index in [4.69, 9.17) is 13.0 Å². The van der Waals surface area contributed by atoms with Crippen molar-refractivity contribution in [2.24, 2.45) is 0 Å². The van der Waals surface area contributed by atoms with Gasteiger partial charge in [0.25, 0.3) is 0 Å². The van der Waals surface area contributed by atoms with E-state index >= 15 is 0 Å². The Morgan fingerprint density at radius 2 is 2.17 bits per heavy atom. The molecule has 124 valence electrons. The van der Waals surface area contributed by atoms with Crippen LogP contribution in [-0.4, -0.2) is 36.5 Å². The minimum atomic E-state index is -2.50. The average molecular weight is 318 g/mol. The van der Waals surface area contributed by atoms with Crippen LogP contribution in [0.25, 0.3) is 10.9 Å². The summed E-state index contributed by atoms with van der Waals surface area (Å²) in [6.45, 7) is -1.49. The van der Waals surface area contributed by atoms with E-state index in [0.29, 0.717) is 24.6 Å². The number of H-pyrrole nitrogens is 1. The Labute approximate surface area is 147 Å². The smallest absolute Gasteiger partial charge is 0.119 e. The molecule has 2 aliphatic rings. The lowest BCUT2D eigenvalue weighted by molar-refractivity contribution is 0.309. The Morgan fingerprint density at radius 3 is 3.00 bits per heavy atom. The van der Waals surface area contributed by atoms with Crippen LogP contribution in [0.1, 0.15) is 63.9 Å². The minimum Gasteiger partial charge on any atom is -0.497 e. The zero-order chi connectivity index (χ0) is 20.8. The van der Waals surface area contributed by atoms with Gasteiger partial charge < -0.3 is 14.6 Å². The number of aromatic amines is 1. The highest BCUT2D eigenvalue weighted by molar-refractivity contribution is 5.86. The van der Waals surface area contributed by atoms with Crippen LogP contribution in [0.4, 0.5) is 0 Å². The molecule has 0 amide bonds. The summed E-state index contributed by atoms with van der Waals surface area (Å²) in [5.41, 5.74) is 3.28. The van der Waals surface area contributed by atoms with Gasteiger partial charge in [-0.2, -0.15) is 0 Å². The molecule has 0 spiro atoms. The molecular formula is C20H28N2O. The number of rotatable bonds is 4. The Bertz CT molecular complexity index is 866. The third-order valence-electron chi connectivity index (χ3n) is 5.61. The highest BCUT2D eigenvalue weighted by Gasteiger charge is 2.28. The van der Waals surface area contributed by atoms with Crippen molar-refractivity contribution in [2.75, 3.05) is 20.6 Å². The fourth-order valence-electron chi connectivity index (χ4n) is 4.38. The minimum absolute atomic E-state index is 0.0335. The van der Waals surface area contributed by atoms with Gasteiger partial charge in [0, 0.05) is 26.8 Å². The summed E-state index contributed by atoms with van der Waals surface area (Å²) >= 11 is 0. The van der Waals surface area contributed by atoms with Crippen molar-refractivity contribution in [3.63, 3.8) is 0 Å². The van der Waals surface area contributed by atoms with Gasteiger partial charge in [0.1, 0.15) is 5.75 Å². The topological polar surface area (TPSA) is 28.3 Å². The number of methoxy groups -OCH3 is 1. The van der Waals surface area contributed by atoms with E-state index in [9.17, 15) is 0 Å². The predicted octanol–water partition coefficient (Wildman–Crippen LogP) is 4.47. The van der Waals surface area contributed by atoms with E-state index in [0.717, 1.165) is 42.1 Å². The number of likely N-dealkylation sites (tertiary alicyclic amines) is 1. The van der Waals surface area contributed by atoms with Gasteiger partial charge in [0.15, 0.2) is 0 Å². The monoisotopic (exact) mass is 318 g/mol. The highest BCUT2D eigenvalue weighted by Crippen LogP contribution is 2.40. The van der Waals surface area contributed by atoms with Crippen molar-refractivity contribution in [1.82, 2.24) is 9.88 Å². The molecule has 1 saturated heterocycles. The number of nitrogens with one attached hydrogen (secondary N) is 1. The van der Waals surface area contributed by atoms with Crippen LogP contribution in [0.2, 0.25) is 0 Å². The zero-order valence-electron chi connectivity index (χ0n) is 19.4. The molecule has 0 bridgehead atoms. The second kappa shape index (κ2) is 6.20. The molecule has 1 aliphatic heterocycles. The van der Waals surface area contributed by atoms with Gasteiger partial charge in [0.2, 0.25) is 0 Å². The van der Waals surface area contributed by atoms with E-state index in [1.165, 1.54) is 18.5 Å². The van der Waals surface area contributed by atoms with Crippen molar-refractivity contribution in [1.29, 1.82) is 0 Å². The first-order chi connectivity index (χ1) is 13.6. The summed E-state index contributed by atoms with van der Waals surface area (Å²) < 4.78 is 50.9. The highest BCUT2D eigenvalue weighted by atomic mass is 16.5. The molecule has 1 saturated carbocycles. The van der Waals surface area contributed by atoms with Crippen LogP contribution < -0.4 is 4.74 Å². The summed E-state index contributed by atoms with van der Waals surface area (Å²) in [5.74, 6) is 0.766. The molecule has 2 aromatic rings. The first kappa shape index (κ1) is 9.73. The molecule has 0 unspecified atom stereocenters. The second-order valence-corrected chi connectivity index (χ2v) is 7.00. The lowest BCUT2D eigenvalue weighted by Crippen LogP contribution is -2.27. The van der Waals surface area contributed by atoms with E-state index in [1.807, 2.05) is 6.07 Å². The van der Waals surface area contributed by atoms with Crippen LogP contribution >= 0.6 is 0 Å². The fraction of sp³-hybridized carbons (Fsp3) is 0.600. The zero-order valence-corrected chi connectivity index (χ0v) is 13.4. The number of ether oxygens (including phenoxy) is 1. The lowest BCUT2D eigenvalue weighted by Gasteiger charge is -2.21. The largest absolute Gasteiger partial charge is 0.497 e. The van der Waals surface area contributed by atoms with Crippen LogP contribution in [0.3, 0.4) is 0 Å². The molecule has 4 rings (SSSR count). The van der Waals surface area contributed by atoms with Gasteiger partial charge in [-0.25, -0.2) is 0 Å². The van der Waals surface area contributed by atoms with Gasteiger partial charge in [0.05, 0.1) is 11.2 Å². The molecule has 2 heterocycles. The third kappa shape index (κ3) is 2.76. The van der Waals surface area contributed by atoms with Gasteiger partial charge in [-0.15, -0.1) is 0 Å². The fourth-order valence-corrected chi connectivity index (χ4v) is 4.38. The predicted molar refractivity (Wildman–Crippen MR) is 95.4 cm³/mol. The molecule has 3 heteroatoms. The Morgan fingerprint density at radius 1 is 1.26 bits per heavy atom. The van der Waals surface area contributed by atoms with E-state index in [-0.39, 0.29) is 6.04 Å². The number of hydrogen-bond donors (Lipinski definition) is 1. The quantitative estimate of drug-likeness (QED) is 0.901. The number of nitrogens with zero attached hydrogens (tertiary/aromatic N) is 1. The molecule has 0 radical (unpaired) electrons. The van der Waals surface area contributed by atoms with Crippen molar-refractivity contribution in [3.05, 3.63) is 29.5 Å². The first-order valence-electron chi connectivity index (χ1n) is 11.7. The van der Waals surface area contributed by atoms with Crippen LogP contribution in [-0.2, 0) is 6.42 Å². The molecule has 1 atom stereocenters. The molecule has 1 aliphatic carbocycles. The van der Waals surface area contributed by atoms with Gasteiger partial charge in [-0.3, -0.25) is 0 Å². The SMILES string of the molecule is [2H]C([2H])([2H])Oc1ccc2[nH]c(C3CCCC3)c(C[C@H]3CCCN3C([2H])([2H])[2H])c2c1. The molecular weight excluding hydrogens is 284 g/mol. The maximum atomic E-state index is 7.87. The molecule has 1 aromatic heterocycles. The molecule has 3 nitrogen and oxygen atoms in total. The summed E-state index contributed by atoms with van der Waals surface area (Å²) in [6.07, 6.45) is 7.08. The summed E-state index contributed by atoms with van der Waals surface area (Å²) in [7, 11) is -2.50. The maximum absolute atomic E-state index is 7.87. The van der Waals surface area contributed by atoms with Gasteiger partial charge >= 0.3 is 0 Å². The normalized spacial score (nSPS) is 28.1. The Balaban J connectivity index is 1.74.